The molecule has 0 fully saturated rings. The summed E-state index contributed by atoms with van der Waals surface area (Å²) in [5.74, 6) is 0.301. The zero-order valence-corrected chi connectivity index (χ0v) is 23.0. The first-order chi connectivity index (χ1) is 18.1. The van der Waals surface area contributed by atoms with Gasteiger partial charge >= 0.3 is 5.97 Å². The third kappa shape index (κ3) is 7.25. The van der Waals surface area contributed by atoms with Crippen LogP contribution in [0.25, 0.3) is 0 Å². The normalized spacial score (nSPS) is 16.2. The van der Waals surface area contributed by atoms with Crippen molar-refractivity contribution in [2.75, 3.05) is 13.1 Å². The van der Waals surface area contributed by atoms with E-state index in [9.17, 15) is 14.7 Å². The van der Waals surface area contributed by atoms with Crippen molar-refractivity contribution >= 4 is 11.9 Å². The Hall–Kier alpha value is -3.60. The summed E-state index contributed by atoms with van der Waals surface area (Å²) in [7, 11) is 0. The van der Waals surface area contributed by atoms with Crippen molar-refractivity contribution in [2.45, 2.75) is 71.3 Å². The molecule has 1 aliphatic heterocycles. The molecule has 38 heavy (non-hydrogen) atoms. The number of aryl methyl sites for hydroxylation is 2. The van der Waals surface area contributed by atoms with Gasteiger partial charge in [-0.25, -0.2) is 0 Å². The molecule has 1 aliphatic rings. The second kappa shape index (κ2) is 11.8. The van der Waals surface area contributed by atoms with Gasteiger partial charge in [-0.1, -0.05) is 80.1 Å². The highest BCUT2D eigenvalue weighted by Crippen LogP contribution is 2.37. The van der Waals surface area contributed by atoms with E-state index < -0.39 is 5.97 Å². The standard InChI is InChI=1S/C33H39NO4/c1-23(2)28-12-8-27(9-13-28)20-33(4)21-29-19-26(10-14-30(29)38-33)11-15-31(35)34(22-32(36)37)17-16-25-7-5-6-24(3)18-25/h5-10,12-14,18-19,23H,11,15-17,20-22H2,1-4H3,(H,36,37)/t33-/m0/s1. The Morgan fingerprint density at radius 2 is 1.68 bits per heavy atom. The summed E-state index contributed by atoms with van der Waals surface area (Å²) in [5.41, 5.74) is 6.79. The quantitative estimate of drug-likeness (QED) is 0.334. The fourth-order valence-corrected chi connectivity index (χ4v) is 5.28. The topological polar surface area (TPSA) is 66.8 Å². The molecule has 0 spiro atoms. The van der Waals surface area contributed by atoms with Gasteiger partial charge in [0, 0.05) is 25.8 Å². The van der Waals surface area contributed by atoms with Crippen LogP contribution in [0.3, 0.4) is 0 Å². The molecule has 1 amide bonds. The van der Waals surface area contributed by atoms with Gasteiger partial charge in [-0.3, -0.25) is 9.59 Å². The molecular weight excluding hydrogens is 474 g/mol. The summed E-state index contributed by atoms with van der Waals surface area (Å²) < 4.78 is 6.38. The van der Waals surface area contributed by atoms with Crippen LogP contribution in [0.2, 0.25) is 0 Å². The van der Waals surface area contributed by atoms with Crippen LogP contribution in [0.1, 0.15) is 66.5 Å². The number of rotatable bonds is 11. The van der Waals surface area contributed by atoms with Gasteiger partial charge in [0.05, 0.1) is 0 Å². The number of carbonyl (C=O) groups excluding carboxylic acids is 1. The van der Waals surface area contributed by atoms with Crippen molar-refractivity contribution in [3.63, 3.8) is 0 Å². The maximum Gasteiger partial charge on any atom is 0.323 e. The SMILES string of the molecule is Cc1cccc(CCN(CC(=O)O)C(=O)CCc2ccc3c(c2)C[C@](C)(Cc2ccc(C(C)C)cc2)O3)c1. The lowest BCUT2D eigenvalue weighted by atomic mass is 9.90. The molecule has 1 N–H and O–H groups in total. The van der Waals surface area contributed by atoms with Crippen LogP contribution in [-0.2, 0) is 35.3 Å². The lowest BCUT2D eigenvalue weighted by Gasteiger charge is -2.24. The molecule has 5 nitrogen and oxygen atoms in total. The van der Waals surface area contributed by atoms with Crippen molar-refractivity contribution in [1.29, 1.82) is 0 Å². The Balaban J connectivity index is 1.35. The molecule has 0 saturated carbocycles. The van der Waals surface area contributed by atoms with Crippen molar-refractivity contribution in [2.24, 2.45) is 0 Å². The second-order valence-electron chi connectivity index (χ2n) is 11.2. The van der Waals surface area contributed by atoms with Crippen LogP contribution in [0.5, 0.6) is 5.75 Å². The van der Waals surface area contributed by atoms with Gasteiger partial charge < -0.3 is 14.7 Å². The third-order valence-corrected chi connectivity index (χ3v) is 7.33. The first kappa shape index (κ1) is 27.4. The summed E-state index contributed by atoms with van der Waals surface area (Å²) >= 11 is 0. The van der Waals surface area contributed by atoms with E-state index in [0.717, 1.165) is 40.8 Å². The van der Waals surface area contributed by atoms with Crippen molar-refractivity contribution in [1.82, 2.24) is 4.90 Å². The van der Waals surface area contributed by atoms with Crippen LogP contribution in [0.4, 0.5) is 0 Å². The van der Waals surface area contributed by atoms with Gasteiger partial charge in [-0.15, -0.1) is 0 Å². The monoisotopic (exact) mass is 513 g/mol. The minimum absolute atomic E-state index is 0.133. The number of carboxylic acid groups (broad SMARTS) is 1. The van der Waals surface area contributed by atoms with E-state index in [4.69, 9.17) is 4.74 Å². The molecule has 4 rings (SSSR count). The van der Waals surface area contributed by atoms with Crippen LogP contribution >= 0.6 is 0 Å². The van der Waals surface area contributed by atoms with Crippen LogP contribution in [0, 0.1) is 6.92 Å². The molecule has 0 aliphatic carbocycles. The lowest BCUT2D eigenvalue weighted by molar-refractivity contribution is -0.144. The fourth-order valence-electron chi connectivity index (χ4n) is 5.28. The van der Waals surface area contributed by atoms with Gasteiger partial charge in [0.25, 0.3) is 0 Å². The van der Waals surface area contributed by atoms with Crippen molar-refractivity contribution in [3.05, 3.63) is 100 Å². The number of hydrogen-bond acceptors (Lipinski definition) is 3. The minimum atomic E-state index is -0.990. The first-order valence-electron chi connectivity index (χ1n) is 13.5. The average molecular weight is 514 g/mol. The Kier molecular flexibility index (Phi) is 8.55. The molecule has 0 unspecified atom stereocenters. The van der Waals surface area contributed by atoms with Gasteiger partial charge in [0.1, 0.15) is 17.9 Å². The van der Waals surface area contributed by atoms with Gasteiger partial charge in [-0.05, 0) is 66.5 Å². The number of aliphatic carboxylic acids is 1. The lowest BCUT2D eigenvalue weighted by Crippen LogP contribution is -2.37. The predicted molar refractivity (Wildman–Crippen MR) is 151 cm³/mol. The molecule has 0 aromatic heterocycles. The van der Waals surface area contributed by atoms with E-state index in [2.05, 4.69) is 57.2 Å². The van der Waals surface area contributed by atoms with E-state index in [1.807, 2.05) is 37.3 Å². The average Bonchev–Trinajstić information content (AvgIpc) is 3.20. The van der Waals surface area contributed by atoms with Gasteiger partial charge in [0.2, 0.25) is 5.91 Å². The van der Waals surface area contributed by atoms with Crippen LogP contribution < -0.4 is 4.74 Å². The summed E-state index contributed by atoms with van der Waals surface area (Å²) in [6.07, 6.45) is 3.13. The number of benzene rings is 3. The highest BCUT2D eigenvalue weighted by Gasteiger charge is 2.35. The minimum Gasteiger partial charge on any atom is -0.487 e. The number of ether oxygens (including phenoxy) is 1. The smallest absolute Gasteiger partial charge is 0.323 e. The van der Waals surface area contributed by atoms with Gasteiger partial charge in [0.15, 0.2) is 0 Å². The molecule has 0 bridgehead atoms. The summed E-state index contributed by atoms with van der Waals surface area (Å²) in [5, 5.41) is 9.35. The van der Waals surface area contributed by atoms with E-state index in [1.165, 1.54) is 16.0 Å². The molecule has 1 atom stereocenters. The van der Waals surface area contributed by atoms with Crippen LogP contribution in [-0.4, -0.2) is 40.6 Å². The van der Waals surface area contributed by atoms with Gasteiger partial charge in [-0.2, -0.15) is 0 Å². The number of carboxylic acids is 1. The predicted octanol–water partition coefficient (Wildman–Crippen LogP) is 6.14. The maximum absolute atomic E-state index is 13.0. The molecule has 5 heteroatoms. The first-order valence-corrected chi connectivity index (χ1v) is 13.5. The molecule has 0 saturated heterocycles. The summed E-state index contributed by atoms with van der Waals surface area (Å²) in [4.78, 5) is 25.9. The molecular formula is C33H39NO4. The third-order valence-electron chi connectivity index (χ3n) is 7.33. The molecule has 3 aromatic carbocycles. The summed E-state index contributed by atoms with van der Waals surface area (Å²) in [6.45, 7) is 8.70. The molecule has 3 aromatic rings. The molecule has 200 valence electrons. The highest BCUT2D eigenvalue weighted by atomic mass is 16.5. The number of fused-ring (bicyclic) bond motifs is 1. The Morgan fingerprint density at radius 1 is 0.974 bits per heavy atom. The number of hydrogen-bond donors (Lipinski definition) is 1. The van der Waals surface area contributed by atoms with E-state index >= 15 is 0 Å². The van der Waals surface area contributed by atoms with Crippen LogP contribution in [0.15, 0.2) is 66.7 Å². The Bertz CT molecular complexity index is 1280. The number of amides is 1. The van der Waals surface area contributed by atoms with Crippen molar-refractivity contribution < 1.29 is 19.4 Å². The zero-order valence-electron chi connectivity index (χ0n) is 23.0. The second-order valence-corrected chi connectivity index (χ2v) is 11.2. The fraction of sp³-hybridized carbons (Fsp3) is 0.394. The zero-order chi connectivity index (χ0) is 27.3. The van der Waals surface area contributed by atoms with Crippen molar-refractivity contribution in [3.8, 4) is 5.75 Å². The van der Waals surface area contributed by atoms with E-state index in [-0.39, 0.29) is 24.5 Å². The Morgan fingerprint density at radius 3 is 2.37 bits per heavy atom. The van der Waals surface area contributed by atoms with E-state index in [0.29, 0.717) is 25.3 Å². The molecule has 1 heterocycles. The highest BCUT2D eigenvalue weighted by molar-refractivity contribution is 5.81. The maximum atomic E-state index is 13.0. The molecule has 0 radical (unpaired) electrons. The number of carbonyl (C=O) groups is 2. The number of nitrogens with zero attached hydrogens (tertiary/aromatic N) is 1. The van der Waals surface area contributed by atoms with E-state index in [1.54, 1.807) is 0 Å². The summed E-state index contributed by atoms with van der Waals surface area (Å²) in [6, 6.07) is 23.1. The largest absolute Gasteiger partial charge is 0.487 e. The Labute approximate surface area is 226 Å².